The van der Waals surface area contributed by atoms with Crippen LogP contribution < -0.4 is 11.1 Å². The van der Waals surface area contributed by atoms with Crippen LogP contribution in [0.1, 0.15) is 51.9 Å². The summed E-state index contributed by atoms with van der Waals surface area (Å²) >= 11 is 0. The molecule has 21 heavy (non-hydrogen) atoms. The summed E-state index contributed by atoms with van der Waals surface area (Å²) in [6.45, 7) is 7.23. The van der Waals surface area contributed by atoms with Gasteiger partial charge in [-0.1, -0.05) is 6.92 Å². The third kappa shape index (κ3) is 5.83. The van der Waals surface area contributed by atoms with Crippen molar-refractivity contribution < 1.29 is 4.74 Å². The Labute approximate surface area is 129 Å². The number of nitrogens with one attached hydrogen (secondary N) is 1. The number of aliphatic imine (C=N–C) groups is 1. The number of nitrogens with zero attached hydrogens (tertiary/aromatic N) is 2. The smallest absolute Gasteiger partial charge is 0.188 e. The van der Waals surface area contributed by atoms with Gasteiger partial charge in [0.05, 0.1) is 12.6 Å². The molecule has 2 aliphatic heterocycles. The monoisotopic (exact) mass is 296 g/mol. The van der Waals surface area contributed by atoms with Crippen LogP contribution in [-0.4, -0.2) is 55.8 Å². The zero-order chi connectivity index (χ0) is 14.9. The summed E-state index contributed by atoms with van der Waals surface area (Å²) in [5.74, 6) is 0.600. The standard InChI is InChI=1S/C16H32N4O/c1-2-20-11-6-7-14(20)13-19-16(17)18-10-5-9-15-8-3-4-12-21-15/h14-15H,2-13H2,1H3,(H3,17,18,19). The van der Waals surface area contributed by atoms with Crippen molar-refractivity contribution in [2.45, 2.75) is 64.0 Å². The third-order valence-electron chi connectivity index (χ3n) is 4.66. The van der Waals surface area contributed by atoms with Gasteiger partial charge < -0.3 is 15.8 Å². The first-order valence-corrected chi connectivity index (χ1v) is 8.69. The van der Waals surface area contributed by atoms with Crippen LogP contribution in [-0.2, 0) is 4.74 Å². The Morgan fingerprint density at radius 2 is 2.24 bits per heavy atom. The summed E-state index contributed by atoms with van der Waals surface area (Å²) in [7, 11) is 0. The fourth-order valence-electron chi connectivity index (χ4n) is 3.36. The van der Waals surface area contributed by atoms with E-state index in [9.17, 15) is 0 Å². The molecule has 0 saturated carbocycles. The lowest BCUT2D eigenvalue weighted by Gasteiger charge is -2.22. The lowest BCUT2D eigenvalue weighted by atomic mass is 10.0. The van der Waals surface area contributed by atoms with Gasteiger partial charge in [-0.15, -0.1) is 0 Å². The summed E-state index contributed by atoms with van der Waals surface area (Å²) in [6, 6.07) is 0.589. The molecule has 2 heterocycles. The highest BCUT2D eigenvalue weighted by molar-refractivity contribution is 5.77. The van der Waals surface area contributed by atoms with E-state index in [1.165, 1.54) is 38.6 Å². The van der Waals surface area contributed by atoms with Crippen molar-refractivity contribution in [2.24, 2.45) is 10.7 Å². The zero-order valence-electron chi connectivity index (χ0n) is 13.5. The lowest BCUT2D eigenvalue weighted by Crippen LogP contribution is -2.36. The molecule has 0 aromatic rings. The highest BCUT2D eigenvalue weighted by Crippen LogP contribution is 2.17. The molecule has 0 aliphatic carbocycles. The molecule has 0 spiro atoms. The number of guanidine groups is 1. The number of likely N-dealkylation sites (tertiary alicyclic amines) is 1. The average molecular weight is 296 g/mol. The summed E-state index contributed by atoms with van der Waals surface area (Å²) in [5.41, 5.74) is 5.95. The fraction of sp³-hybridized carbons (Fsp3) is 0.938. The normalized spacial score (nSPS) is 28.0. The van der Waals surface area contributed by atoms with Crippen molar-refractivity contribution in [1.29, 1.82) is 0 Å². The van der Waals surface area contributed by atoms with Gasteiger partial charge in [0.25, 0.3) is 0 Å². The van der Waals surface area contributed by atoms with E-state index in [-0.39, 0.29) is 0 Å². The van der Waals surface area contributed by atoms with Gasteiger partial charge in [0.1, 0.15) is 0 Å². The highest BCUT2D eigenvalue weighted by Gasteiger charge is 2.22. The molecule has 0 bridgehead atoms. The van der Waals surface area contributed by atoms with Crippen molar-refractivity contribution in [3.8, 4) is 0 Å². The molecule has 2 aliphatic rings. The Hall–Kier alpha value is -0.810. The first-order valence-electron chi connectivity index (χ1n) is 8.69. The highest BCUT2D eigenvalue weighted by atomic mass is 16.5. The van der Waals surface area contributed by atoms with Crippen LogP contribution >= 0.6 is 0 Å². The van der Waals surface area contributed by atoms with Gasteiger partial charge in [0.15, 0.2) is 5.96 Å². The van der Waals surface area contributed by atoms with Gasteiger partial charge in [0.2, 0.25) is 0 Å². The fourth-order valence-corrected chi connectivity index (χ4v) is 3.36. The van der Waals surface area contributed by atoms with E-state index < -0.39 is 0 Å². The second-order valence-corrected chi connectivity index (χ2v) is 6.21. The van der Waals surface area contributed by atoms with Gasteiger partial charge in [0, 0.05) is 19.2 Å². The number of rotatable bonds is 7. The number of ether oxygens (including phenoxy) is 1. The predicted molar refractivity (Wildman–Crippen MR) is 87.6 cm³/mol. The first kappa shape index (κ1) is 16.6. The second kappa shape index (κ2) is 9.26. The largest absolute Gasteiger partial charge is 0.378 e. The summed E-state index contributed by atoms with van der Waals surface area (Å²) < 4.78 is 5.73. The summed E-state index contributed by atoms with van der Waals surface area (Å²) in [4.78, 5) is 7.00. The Balaban J connectivity index is 1.55. The van der Waals surface area contributed by atoms with Gasteiger partial charge in [-0.2, -0.15) is 0 Å². The van der Waals surface area contributed by atoms with Gasteiger partial charge >= 0.3 is 0 Å². The van der Waals surface area contributed by atoms with E-state index in [2.05, 4.69) is 22.1 Å². The molecule has 5 heteroatoms. The van der Waals surface area contributed by atoms with Crippen LogP contribution in [0.25, 0.3) is 0 Å². The molecule has 0 radical (unpaired) electrons. The third-order valence-corrected chi connectivity index (χ3v) is 4.66. The SMILES string of the molecule is CCN1CCCC1CN=C(N)NCCCC1CCCCO1. The summed E-state index contributed by atoms with van der Waals surface area (Å²) in [5, 5.41) is 3.23. The maximum atomic E-state index is 5.95. The molecule has 2 unspecified atom stereocenters. The molecule has 2 rings (SSSR count). The Kier molecular flexibility index (Phi) is 7.30. The van der Waals surface area contributed by atoms with Crippen molar-refractivity contribution in [1.82, 2.24) is 10.2 Å². The van der Waals surface area contributed by atoms with Gasteiger partial charge in [-0.25, -0.2) is 0 Å². The van der Waals surface area contributed by atoms with Crippen LogP contribution in [0.5, 0.6) is 0 Å². The molecule has 0 amide bonds. The quantitative estimate of drug-likeness (QED) is 0.427. The number of hydrogen-bond donors (Lipinski definition) is 2. The van der Waals surface area contributed by atoms with Crippen LogP contribution in [0, 0.1) is 0 Å². The molecular formula is C16H32N4O. The average Bonchev–Trinajstić information content (AvgIpc) is 2.98. The predicted octanol–water partition coefficient (Wildman–Crippen LogP) is 1.72. The number of nitrogens with two attached hydrogens (primary N) is 1. The minimum Gasteiger partial charge on any atom is -0.378 e. The topological polar surface area (TPSA) is 62.9 Å². The van der Waals surface area contributed by atoms with Gasteiger partial charge in [-0.05, 0) is 58.0 Å². The van der Waals surface area contributed by atoms with Crippen LogP contribution in [0.3, 0.4) is 0 Å². The van der Waals surface area contributed by atoms with Crippen molar-refractivity contribution in [2.75, 3.05) is 32.8 Å². The molecule has 2 fully saturated rings. The maximum Gasteiger partial charge on any atom is 0.188 e. The van der Waals surface area contributed by atoms with Crippen LogP contribution in [0.2, 0.25) is 0 Å². The van der Waals surface area contributed by atoms with E-state index in [1.807, 2.05) is 0 Å². The van der Waals surface area contributed by atoms with Crippen molar-refractivity contribution in [3.05, 3.63) is 0 Å². The maximum absolute atomic E-state index is 5.95. The van der Waals surface area contributed by atoms with E-state index in [4.69, 9.17) is 10.5 Å². The van der Waals surface area contributed by atoms with Crippen LogP contribution in [0.4, 0.5) is 0 Å². The summed E-state index contributed by atoms with van der Waals surface area (Å²) in [6.07, 6.45) is 9.01. The molecule has 2 saturated heterocycles. The molecule has 3 N–H and O–H groups in total. The minimum absolute atomic E-state index is 0.468. The van der Waals surface area contributed by atoms with E-state index in [0.717, 1.165) is 39.1 Å². The Morgan fingerprint density at radius 1 is 1.33 bits per heavy atom. The van der Waals surface area contributed by atoms with Crippen molar-refractivity contribution in [3.63, 3.8) is 0 Å². The minimum atomic E-state index is 0.468. The lowest BCUT2D eigenvalue weighted by molar-refractivity contribution is 0.0104. The van der Waals surface area contributed by atoms with E-state index in [0.29, 0.717) is 18.1 Å². The molecular weight excluding hydrogens is 264 g/mol. The zero-order valence-corrected chi connectivity index (χ0v) is 13.5. The van der Waals surface area contributed by atoms with E-state index >= 15 is 0 Å². The first-order chi connectivity index (χ1) is 10.3. The number of hydrogen-bond acceptors (Lipinski definition) is 3. The van der Waals surface area contributed by atoms with E-state index in [1.54, 1.807) is 0 Å². The van der Waals surface area contributed by atoms with Crippen molar-refractivity contribution >= 4 is 5.96 Å². The molecule has 122 valence electrons. The molecule has 0 aromatic carbocycles. The number of likely N-dealkylation sites (N-methyl/N-ethyl adjacent to an activating group) is 1. The van der Waals surface area contributed by atoms with Gasteiger partial charge in [-0.3, -0.25) is 9.89 Å². The molecule has 5 nitrogen and oxygen atoms in total. The Morgan fingerprint density at radius 3 is 3.00 bits per heavy atom. The van der Waals surface area contributed by atoms with Crippen LogP contribution in [0.15, 0.2) is 4.99 Å². The molecule has 2 atom stereocenters. The molecule has 0 aromatic heterocycles. The Bertz CT molecular complexity index is 315. The second-order valence-electron chi connectivity index (χ2n) is 6.21.